The number of phenols is 1. The van der Waals surface area contributed by atoms with Gasteiger partial charge in [0.1, 0.15) is 5.75 Å². The van der Waals surface area contributed by atoms with Gasteiger partial charge in [-0.1, -0.05) is 32.9 Å². The van der Waals surface area contributed by atoms with E-state index in [-0.39, 0.29) is 5.41 Å². The average Bonchev–Trinajstić information content (AvgIpc) is 2.33. The van der Waals surface area contributed by atoms with Crippen LogP contribution in [-0.2, 0) is 11.8 Å². The predicted molar refractivity (Wildman–Crippen MR) is 80.8 cm³/mol. The fraction of sp³-hybridized carbons (Fsp3) is 0.647. The van der Waals surface area contributed by atoms with Crippen LogP contribution in [0.5, 0.6) is 5.75 Å². The molecule has 0 amide bonds. The summed E-state index contributed by atoms with van der Waals surface area (Å²) in [5.74, 6) is 1.26. The van der Waals surface area contributed by atoms with Crippen LogP contribution >= 0.6 is 0 Å². The van der Waals surface area contributed by atoms with Crippen molar-refractivity contribution in [1.29, 1.82) is 0 Å². The van der Waals surface area contributed by atoms with E-state index in [0.29, 0.717) is 5.75 Å². The van der Waals surface area contributed by atoms with Crippen LogP contribution in [-0.4, -0.2) is 18.2 Å². The Balaban J connectivity index is 2.23. The summed E-state index contributed by atoms with van der Waals surface area (Å²) in [7, 11) is 0. The number of phenolic OH excluding ortho intramolecular Hbond substituents is 1. The number of hydrogen-bond acceptors (Lipinski definition) is 2. The van der Waals surface area contributed by atoms with Gasteiger partial charge in [0.05, 0.1) is 0 Å². The number of hydrogen-bond donors (Lipinski definition) is 2. The van der Waals surface area contributed by atoms with Gasteiger partial charge < -0.3 is 10.4 Å². The van der Waals surface area contributed by atoms with E-state index >= 15 is 0 Å². The van der Waals surface area contributed by atoms with E-state index in [1.807, 2.05) is 6.92 Å². The molecular weight excluding hydrogens is 234 g/mol. The molecule has 106 valence electrons. The first-order chi connectivity index (χ1) is 8.88. The Morgan fingerprint density at radius 3 is 2.42 bits per heavy atom. The molecule has 1 aromatic rings. The number of nitrogens with one attached hydrogen (secondary N) is 1. The van der Waals surface area contributed by atoms with Crippen LogP contribution < -0.4 is 5.32 Å². The van der Waals surface area contributed by atoms with Gasteiger partial charge in [0, 0.05) is 0 Å². The highest BCUT2D eigenvalue weighted by atomic mass is 16.3. The summed E-state index contributed by atoms with van der Waals surface area (Å²) in [6, 6.07) is 4.37. The van der Waals surface area contributed by atoms with E-state index in [1.54, 1.807) is 0 Å². The zero-order valence-corrected chi connectivity index (χ0v) is 12.7. The quantitative estimate of drug-likeness (QED) is 0.853. The maximum atomic E-state index is 10.3. The molecule has 19 heavy (non-hydrogen) atoms. The highest BCUT2D eigenvalue weighted by Gasteiger charge is 2.21. The van der Waals surface area contributed by atoms with Crippen molar-refractivity contribution in [3.8, 4) is 5.75 Å². The Labute approximate surface area is 117 Å². The van der Waals surface area contributed by atoms with Gasteiger partial charge in [-0.15, -0.1) is 0 Å². The molecule has 0 spiro atoms. The highest BCUT2D eigenvalue weighted by Crippen LogP contribution is 2.35. The Kier molecular flexibility index (Phi) is 4.19. The second-order valence-electron chi connectivity index (χ2n) is 6.96. The van der Waals surface area contributed by atoms with E-state index in [0.717, 1.165) is 36.6 Å². The molecule has 0 bridgehead atoms. The Hall–Kier alpha value is -1.02. The fourth-order valence-electron chi connectivity index (χ4n) is 2.96. The van der Waals surface area contributed by atoms with Crippen LogP contribution in [0.3, 0.4) is 0 Å². The van der Waals surface area contributed by atoms with Gasteiger partial charge in [-0.3, -0.25) is 0 Å². The smallest absolute Gasteiger partial charge is 0.122 e. The molecule has 1 fully saturated rings. The van der Waals surface area contributed by atoms with Gasteiger partial charge in [-0.05, 0) is 67.3 Å². The second kappa shape index (κ2) is 5.54. The molecule has 1 aliphatic heterocycles. The molecule has 0 aliphatic carbocycles. The van der Waals surface area contributed by atoms with Crippen molar-refractivity contribution in [1.82, 2.24) is 5.32 Å². The molecule has 1 aromatic carbocycles. The summed E-state index contributed by atoms with van der Waals surface area (Å²) >= 11 is 0. The van der Waals surface area contributed by atoms with Gasteiger partial charge in [-0.2, -0.15) is 0 Å². The average molecular weight is 261 g/mol. The molecule has 1 aliphatic rings. The van der Waals surface area contributed by atoms with Crippen LogP contribution in [0.15, 0.2) is 12.1 Å². The van der Waals surface area contributed by atoms with Gasteiger partial charge >= 0.3 is 0 Å². The summed E-state index contributed by atoms with van der Waals surface area (Å²) in [4.78, 5) is 0. The van der Waals surface area contributed by atoms with Crippen molar-refractivity contribution in [2.24, 2.45) is 5.92 Å². The SMILES string of the molecule is Cc1cc(CC2CCNCC2)cc(C(C)(C)C)c1O. The van der Waals surface area contributed by atoms with Crippen molar-refractivity contribution >= 4 is 0 Å². The van der Waals surface area contributed by atoms with Gasteiger partial charge in [0.25, 0.3) is 0 Å². The lowest BCUT2D eigenvalue weighted by Crippen LogP contribution is -2.28. The highest BCUT2D eigenvalue weighted by molar-refractivity contribution is 5.46. The summed E-state index contributed by atoms with van der Waals surface area (Å²) in [5, 5.41) is 13.7. The predicted octanol–water partition coefficient (Wildman–Crippen LogP) is 3.54. The summed E-state index contributed by atoms with van der Waals surface area (Å²) in [6.45, 7) is 10.8. The van der Waals surface area contributed by atoms with Crippen molar-refractivity contribution in [3.63, 3.8) is 0 Å². The molecular formula is C17H27NO. The third-order valence-corrected chi connectivity index (χ3v) is 4.15. The lowest BCUT2D eigenvalue weighted by atomic mass is 9.82. The zero-order chi connectivity index (χ0) is 14.0. The first-order valence-corrected chi connectivity index (χ1v) is 7.41. The molecule has 0 atom stereocenters. The number of piperidine rings is 1. The van der Waals surface area contributed by atoms with Crippen LogP contribution in [0.1, 0.15) is 50.3 Å². The summed E-state index contributed by atoms with van der Waals surface area (Å²) < 4.78 is 0. The summed E-state index contributed by atoms with van der Waals surface area (Å²) in [6.07, 6.45) is 3.68. The van der Waals surface area contributed by atoms with E-state index in [1.165, 1.54) is 18.4 Å². The molecule has 0 radical (unpaired) electrons. The topological polar surface area (TPSA) is 32.3 Å². The molecule has 0 saturated carbocycles. The number of rotatable bonds is 2. The molecule has 2 heteroatoms. The maximum Gasteiger partial charge on any atom is 0.122 e. The lowest BCUT2D eigenvalue weighted by Gasteiger charge is -2.25. The molecule has 2 rings (SSSR count). The number of aromatic hydroxyl groups is 1. The van der Waals surface area contributed by atoms with E-state index in [9.17, 15) is 5.11 Å². The van der Waals surface area contributed by atoms with Crippen LogP contribution in [0.4, 0.5) is 0 Å². The van der Waals surface area contributed by atoms with Crippen molar-refractivity contribution < 1.29 is 5.11 Å². The lowest BCUT2D eigenvalue weighted by molar-refractivity contribution is 0.372. The monoisotopic (exact) mass is 261 g/mol. The fourth-order valence-corrected chi connectivity index (χ4v) is 2.96. The molecule has 2 nitrogen and oxygen atoms in total. The standard InChI is InChI=1S/C17H27NO/c1-12-9-14(10-13-5-7-18-8-6-13)11-15(16(12)19)17(2,3)4/h9,11,13,18-19H,5-8,10H2,1-4H3. The molecule has 2 N–H and O–H groups in total. The van der Waals surface area contributed by atoms with E-state index < -0.39 is 0 Å². The number of benzene rings is 1. The molecule has 1 heterocycles. The minimum absolute atomic E-state index is 0.00102. The van der Waals surface area contributed by atoms with Gasteiger partial charge in [-0.25, -0.2) is 0 Å². The number of aryl methyl sites for hydroxylation is 1. The van der Waals surface area contributed by atoms with Crippen molar-refractivity contribution in [2.75, 3.05) is 13.1 Å². The van der Waals surface area contributed by atoms with Crippen LogP contribution in [0, 0.1) is 12.8 Å². The van der Waals surface area contributed by atoms with Gasteiger partial charge in [0.15, 0.2) is 0 Å². The van der Waals surface area contributed by atoms with Crippen molar-refractivity contribution in [3.05, 3.63) is 28.8 Å². The van der Waals surface area contributed by atoms with Crippen LogP contribution in [0.25, 0.3) is 0 Å². The second-order valence-corrected chi connectivity index (χ2v) is 6.96. The summed E-state index contributed by atoms with van der Waals surface area (Å²) in [5.41, 5.74) is 3.47. The minimum atomic E-state index is -0.00102. The first-order valence-electron chi connectivity index (χ1n) is 7.41. The van der Waals surface area contributed by atoms with Crippen LogP contribution in [0.2, 0.25) is 0 Å². The molecule has 0 aromatic heterocycles. The molecule has 1 saturated heterocycles. The Morgan fingerprint density at radius 1 is 1.21 bits per heavy atom. The third-order valence-electron chi connectivity index (χ3n) is 4.15. The maximum absolute atomic E-state index is 10.3. The van der Waals surface area contributed by atoms with Gasteiger partial charge in [0.2, 0.25) is 0 Å². The normalized spacial score (nSPS) is 17.7. The minimum Gasteiger partial charge on any atom is -0.507 e. The molecule has 0 unspecified atom stereocenters. The Morgan fingerprint density at radius 2 is 1.84 bits per heavy atom. The zero-order valence-electron chi connectivity index (χ0n) is 12.7. The van der Waals surface area contributed by atoms with Crippen molar-refractivity contribution in [2.45, 2.75) is 52.4 Å². The van der Waals surface area contributed by atoms with E-state index in [2.05, 4.69) is 38.2 Å². The third kappa shape index (κ3) is 3.50. The van der Waals surface area contributed by atoms with E-state index in [4.69, 9.17) is 0 Å². The first kappa shape index (κ1) is 14.4. The largest absolute Gasteiger partial charge is 0.507 e. The Bertz CT molecular complexity index is 439.